The highest BCUT2D eigenvalue weighted by molar-refractivity contribution is 5.92. The molecule has 114 valence electrons. The molecule has 2 saturated heterocycles. The van der Waals surface area contributed by atoms with Gasteiger partial charge in [-0.05, 0) is 25.5 Å². The first-order valence-corrected chi connectivity index (χ1v) is 7.42. The average Bonchev–Trinajstić information content (AvgIpc) is 3.12. The molecule has 2 aliphatic rings. The van der Waals surface area contributed by atoms with Crippen LogP contribution >= 0.6 is 0 Å². The smallest absolute Gasteiger partial charge is 0.305 e. The van der Waals surface area contributed by atoms with Crippen molar-refractivity contribution in [3.63, 3.8) is 0 Å². The van der Waals surface area contributed by atoms with Crippen LogP contribution in [0.25, 0.3) is 0 Å². The van der Waals surface area contributed by atoms with Crippen LogP contribution in [0.15, 0.2) is 12.3 Å². The number of fused-ring (bicyclic) bond motifs is 1. The van der Waals surface area contributed by atoms with E-state index in [9.17, 15) is 9.59 Å². The molecule has 21 heavy (non-hydrogen) atoms. The minimum atomic E-state index is -0.886. The van der Waals surface area contributed by atoms with Crippen LogP contribution in [-0.4, -0.2) is 68.8 Å². The Morgan fingerprint density at radius 2 is 2.19 bits per heavy atom. The number of carbonyl (C=O) groups is 2. The van der Waals surface area contributed by atoms with E-state index in [2.05, 4.69) is 10.00 Å². The maximum Gasteiger partial charge on any atom is 0.305 e. The maximum atomic E-state index is 12.6. The largest absolute Gasteiger partial charge is 0.481 e. The van der Waals surface area contributed by atoms with E-state index >= 15 is 0 Å². The molecule has 0 radical (unpaired) electrons. The molecule has 1 atom stereocenters. The fourth-order valence-corrected chi connectivity index (χ4v) is 3.23. The number of amides is 1. The van der Waals surface area contributed by atoms with Crippen molar-refractivity contribution in [2.45, 2.75) is 31.8 Å². The lowest BCUT2D eigenvalue weighted by molar-refractivity contribution is -0.137. The fourth-order valence-electron chi connectivity index (χ4n) is 3.23. The number of piperazine rings is 1. The second-order valence-electron chi connectivity index (χ2n) is 5.67. The van der Waals surface area contributed by atoms with Crippen LogP contribution in [0, 0.1) is 0 Å². The zero-order valence-electron chi connectivity index (χ0n) is 11.9. The third-order valence-corrected chi connectivity index (χ3v) is 4.35. The van der Waals surface area contributed by atoms with Crippen LogP contribution < -0.4 is 0 Å². The van der Waals surface area contributed by atoms with Gasteiger partial charge in [0.2, 0.25) is 0 Å². The molecule has 3 heterocycles. The Kier molecular flexibility index (Phi) is 3.92. The van der Waals surface area contributed by atoms with Crippen molar-refractivity contribution in [3.05, 3.63) is 18.0 Å². The monoisotopic (exact) mass is 292 g/mol. The summed E-state index contributed by atoms with van der Waals surface area (Å²) in [6.07, 6.45) is 3.89. The number of carbonyl (C=O) groups excluding carboxylic acids is 1. The summed E-state index contributed by atoms with van der Waals surface area (Å²) in [6, 6.07) is 2.16. The van der Waals surface area contributed by atoms with E-state index in [1.165, 1.54) is 11.1 Å². The Labute approximate surface area is 123 Å². The molecule has 1 aromatic rings. The Bertz CT molecular complexity index is 542. The highest BCUT2D eigenvalue weighted by Gasteiger charge is 2.33. The Morgan fingerprint density at radius 3 is 3.00 bits per heavy atom. The van der Waals surface area contributed by atoms with E-state index in [0.29, 0.717) is 11.7 Å². The van der Waals surface area contributed by atoms with Gasteiger partial charge in [0.25, 0.3) is 5.91 Å². The highest BCUT2D eigenvalue weighted by atomic mass is 16.4. The van der Waals surface area contributed by atoms with Gasteiger partial charge in [-0.3, -0.25) is 19.2 Å². The zero-order chi connectivity index (χ0) is 14.8. The molecule has 3 rings (SSSR count). The van der Waals surface area contributed by atoms with Crippen LogP contribution in [0.2, 0.25) is 0 Å². The lowest BCUT2D eigenvalue weighted by Crippen LogP contribution is -2.52. The van der Waals surface area contributed by atoms with Gasteiger partial charge in [0.05, 0.1) is 13.0 Å². The maximum absolute atomic E-state index is 12.6. The van der Waals surface area contributed by atoms with Crippen molar-refractivity contribution in [1.82, 2.24) is 19.6 Å². The summed E-state index contributed by atoms with van der Waals surface area (Å²) < 4.78 is 1.50. The van der Waals surface area contributed by atoms with Crippen molar-refractivity contribution in [2.75, 3.05) is 26.2 Å². The second-order valence-corrected chi connectivity index (χ2v) is 5.67. The number of rotatable bonds is 4. The fraction of sp³-hybridized carbons (Fsp3) is 0.643. The van der Waals surface area contributed by atoms with Gasteiger partial charge in [-0.2, -0.15) is 5.10 Å². The van der Waals surface area contributed by atoms with Crippen LogP contribution in [0.4, 0.5) is 0 Å². The molecule has 1 unspecified atom stereocenters. The molecule has 2 aliphatic heterocycles. The zero-order valence-corrected chi connectivity index (χ0v) is 11.9. The van der Waals surface area contributed by atoms with Crippen molar-refractivity contribution < 1.29 is 14.7 Å². The number of hydrogen-bond acceptors (Lipinski definition) is 4. The molecule has 0 saturated carbocycles. The molecule has 1 aromatic heterocycles. The summed E-state index contributed by atoms with van der Waals surface area (Å²) >= 11 is 0. The topological polar surface area (TPSA) is 78.7 Å². The summed E-state index contributed by atoms with van der Waals surface area (Å²) in [7, 11) is 0. The Morgan fingerprint density at radius 1 is 1.33 bits per heavy atom. The van der Waals surface area contributed by atoms with Gasteiger partial charge in [-0.25, -0.2) is 0 Å². The first-order valence-electron chi connectivity index (χ1n) is 7.42. The first kappa shape index (κ1) is 14.1. The molecule has 7 heteroatoms. The number of carboxylic acid groups (broad SMARTS) is 1. The van der Waals surface area contributed by atoms with E-state index in [-0.39, 0.29) is 18.9 Å². The van der Waals surface area contributed by atoms with Gasteiger partial charge < -0.3 is 10.0 Å². The number of carboxylic acids is 1. The van der Waals surface area contributed by atoms with Gasteiger partial charge in [0.15, 0.2) is 0 Å². The number of aliphatic carboxylic acids is 1. The molecule has 1 N–H and O–H groups in total. The lowest BCUT2D eigenvalue weighted by atomic mass is 10.1. The molecule has 0 aromatic carbocycles. The van der Waals surface area contributed by atoms with E-state index in [0.717, 1.165) is 32.6 Å². The molecule has 1 amide bonds. The van der Waals surface area contributed by atoms with Crippen LogP contribution in [0.5, 0.6) is 0 Å². The van der Waals surface area contributed by atoms with E-state index in [1.54, 1.807) is 12.3 Å². The predicted octanol–water partition coefficient (Wildman–Crippen LogP) is 0.278. The van der Waals surface area contributed by atoms with Crippen LogP contribution in [0.1, 0.15) is 29.8 Å². The first-order chi connectivity index (χ1) is 10.1. The van der Waals surface area contributed by atoms with Crippen molar-refractivity contribution >= 4 is 11.9 Å². The molecule has 0 spiro atoms. The molecule has 2 fully saturated rings. The second kappa shape index (κ2) is 5.85. The highest BCUT2D eigenvalue weighted by Crippen LogP contribution is 2.22. The Hall–Kier alpha value is -1.89. The van der Waals surface area contributed by atoms with Crippen molar-refractivity contribution in [1.29, 1.82) is 0 Å². The number of aryl methyl sites for hydroxylation is 1. The third kappa shape index (κ3) is 2.92. The van der Waals surface area contributed by atoms with Gasteiger partial charge >= 0.3 is 5.97 Å². The average molecular weight is 292 g/mol. The molecule has 0 aliphatic carbocycles. The standard InChI is InChI=1S/C14H20N4O3/c19-13(20)4-7-18-12(3-5-15-18)14(21)17-9-8-16-6-1-2-11(16)10-17/h3,5,11H,1-2,4,6-10H2,(H,19,20). The number of hydrogen-bond donors (Lipinski definition) is 1. The van der Waals surface area contributed by atoms with Crippen LogP contribution in [-0.2, 0) is 11.3 Å². The summed E-state index contributed by atoms with van der Waals surface area (Å²) in [5, 5.41) is 12.8. The summed E-state index contributed by atoms with van der Waals surface area (Å²) in [5.41, 5.74) is 0.489. The molecular formula is C14H20N4O3. The quantitative estimate of drug-likeness (QED) is 0.862. The summed E-state index contributed by atoms with van der Waals surface area (Å²) in [5.74, 6) is -0.923. The predicted molar refractivity (Wildman–Crippen MR) is 75.0 cm³/mol. The van der Waals surface area contributed by atoms with Gasteiger partial charge in [0, 0.05) is 31.9 Å². The molecule has 0 bridgehead atoms. The van der Waals surface area contributed by atoms with E-state index in [4.69, 9.17) is 5.11 Å². The Balaban J connectivity index is 1.67. The summed E-state index contributed by atoms with van der Waals surface area (Å²) in [6.45, 7) is 3.80. The third-order valence-electron chi connectivity index (χ3n) is 4.35. The van der Waals surface area contributed by atoms with E-state index < -0.39 is 5.97 Å². The number of aromatic nitrogens is 2. The van der Waals surface area contributed by atoms with Gasteiger partial charge in [-0.1, -0.05) is 0 Å². The number of nitrogens with zero attached hydrogens (tertiary/aromatic N) is 4. The summed E-state index contributed by atoms with van der Waals surface area (Å²) in [4.78, 5) is 27.6. The van der Waals surface area contributed by atoms with Crippen LogP contribution in [0.3, 0.4) is 0 Å². The van der Waals surface area contributed by atoms with Gasteiger partial charge in [0.1, 0.15) is 5.69 Å². The minimum absolute atomic E-state index is 0.0294. The minimum Gasteiger partial charge on any atom is -0.481 e. The lowest BCUT2D eigenvalue weighted by Gasteiger charge is -2.37. The van der Waals surface area contributed by atoms with Crippen molar-refractivity contribution in [2.24, 2.45) is 0 Å². The van der Waals surface area contributed by atoms with Crippen molar-refractivity contribution in [3.8, 4) is 0 Å². The SMILES string of the molecule is O=C(O)CCn1nccc1C(=O)N1CCN2CCCC2C1. The van der Waals surface area contributed by atoms with E-state index in [1.807, 2.05) is 4.90 Å². The van der Waals surface area contributed by atoms with Gasteiger partial charge in [-0.15, -0.1) is 0 Å². The molecular weight excluding hydrogens is 272 g/mol. The molecule has 7 nitrogen and oxygen atoms in total. The normalized spacial score (nSPS) is 22.3.